The number of amides is 1. The zero-order chi connectivity index (χ0) is 20.6. The fraction of sp³-hybridized carbons (Fsp3) is 0.455. The van der Waals surface area contributed by atoms with Crippen LogP contribution in [-0.4, -0.2) is 42.4 Å². The van der Waals surface area contributed by atoms with E-state index in [9.17, 15) is 4.79 Å². The zero-order valence-corrected chi connectivity index (χ0v) is 20.0. The monoisotopic (exact) mass is 525 g/mol. The number of halogens is 1. The molecule has 1 aliphatic rings. The van der Waals surface area contributed by atoms with E-state index in [0.29, 0.717) is 18.3 Å². The van der Waals surface area contributed by atoms with Crippen molar-refractivity contribution in [2.45, 2.75) is 45.8 Å². The summed E-state index contributed by atoms with van der Waals surface area (Å²) in [4.78, 5) is 18.2. The van der Waals surface area contributed by atoms with Crippen LogP contribution in [0.2, 0.25) is 0 Å². The van der Waals surface area contributed by atoms with Crippen molar-refractivity contribution in [3.63, 3.8) is 0 Å². The van der Waals surface area contributed by atoms with E-state index < -0.39 is 5.91 Å². The second-order valence-electron chi connectivity index (χ2n) is 7.51. The molecular formula is C22H32IN5O2. The van der Waals surface area contributed by atoms with Crippen LogP contribution in [0.4, 0.5) is 0 Å². The average Bonchev–Trinajstić information content (AvgIpc) is 3.17. The largest absolute Gasteiger partial charge is 0.454 e. The van der Waals surface area contributed by atoms with Crippen molar-refractivity contribution in [3.05, 3.63) is 59.0 Å². The molecule has 8 heteroatoms. The van der Waals surface area contributed by atoms with E-state index in [1.54, 1.807) is 12.1 Å². The Morgan fingerprint density at radius 3 is 2.67 bits per heavy atom. The summed E-state index contributed by atoms with van der Waals surface area (Å²) in [6, 6.07) is 12.4. The SMILES string of the molecule is CCNC(=NCc1ccc(C(N)=O)o1)NC1CCN(Cc2cccc(C)c2)CC1.I. The van der Waals surface area contributed by atoms with Gasteiger partial charge in [0.1, 0.15) is 12.3 Å². The molecule has 2 aromatic rings. The topological polar surface area (TPSA) is 95.9 Å². The standard InChI is InChI=1S/C22H31N5O2.HI/c1-3-24-22(25-14-19-7-8-20(29-19)21(23)28)26-18-9-11-27(12-10-18)15-17-6-4-5-16(2)13-17;/h4-8,13,18H,3,9-12,14-15H2,1-2H3,(H2,23,28)(H2,24,25,26);1H. The molecule has 0 saturated carbocycles. The second kappa shape index (κ2) is 11.9. The summed E-state index contributed by atoms with van der Waals surface area (Å²) in [6.45, 7) is 8.44. The van der Waals surface area contributed by atoms with Gasteiger partial charge in [0.2, 0.25) is 0 Å². The summed E-state index contributed by atoms with van der Waals surface area (Å²) < 4.78 is 5.40. The molecule has 1 saturated heterocycles. The number of guanidine groups is 1. The summed E-state index contributed by atoms with van der Waals surface area (Å²) in [6.07, 6.45) is 2.14. The number of hydrogen-bond donors (Lipinski definition) is 3. The molecule has 7 nitrogen and oxygen atoms in total. The molecule has 3 rings (SSSR count). The van der Waals surface area contributed by atoms with Gasteiger partial charge < -0.3 is 20.8 Å². The normalized spacial score (nSPS) is 15.5. The summed E-state index contributed by atoms with van der Waals surface area (Å²) in [5.41, 5.74) is 7.91. The third-order valence-corrected chi connectivity index (χ3v) is 5.06. The van der Waals surface area contributed by atoms with Gasteiger partial charge in [-0.1, -0.05) is 29.8 Å². The van der Waals surface area contributed by atoms with Gasteiger partial charge in [-0.15, -0.1) is 24.0 Å². The van der Waals surface area contributed by atoms with Crippen LogP contribution in [-0.2, 0) is 13.1 Å². The average molecular weight is 525 g/mol. The molecule has 1 aliphatic heterocycles. The summed E-state index contributed by atoms with van der Waals surface area (Å²) in [7, 11) is 0. The van der Waals surface area contributed by atoms with Gasteiger partial charge in [-0.25, -0.2) is 4.99 Å². The lowest BCUT2D eigenvalue weighted by Gasteiger charge is -2.33. The van der Waals surface area contributed by atoms with Crippen LogP contribution in [0.1, 0.15) is 47.2 Å². The van der Waals surface area contributed by atoms with E-state index in [4.69, 9.17) is 10.2 Å². The van der Waals surface area contributed by atoms with Gasteiger partial charge in [0.25, 0.3) is 5.91 Å². The van der Waals surface area contributed by atoms with Crippen molar-refractivity contribution < 1.29 is 9.21 Å². The van der Waals surface area contributed by atoms with Crippen LogP contribution in [0, 0.1) is 6.92 Å². The van der Waals surface area contributed by atoms with Gasteiger partial charge in [0, 0.05) is 32.2 Å². The molecule has 0 radical (unpaired) electrons. The van der Waals surface area contributed by atoms with Crippen LogP contribution in [0.3, 0.4) is 0 Å². The molecule has 0 bridgehead atoms. The number of primary amides is 1. The number of benzene rings is 1. The highest BCUT2D eigenvalue weighted by atomic mass is 127. The number of rotatable bonds is 7. The van der Waals surface area contributed by atoms with E-state index >= 15 is 0 Å². The van der Waals surface area contributed by atoms with E-state index in [-0.39, 0.29) is 29.7 Å². The Kier molecular flexibility index (Phi) is 9.64. The molecule has 0 spiro atoms. The lowest BCUT2D eigenvalue weighted by molar-refractivity contribution is 0.0972. The molecule has 4 N–H and O–H groups in total. The Hall–Kier alpha value is -2.07. The fourth-order valence-corrected chi connectivity index (χ4v) is 3.57. The Balaban J connectivity index is 0.00000320. The molecule has 0 aliphatic carbocycles. The molecule has 30 heavy (non-hydrogen) atoms. The Bertz CT molecular complexity index is 844. The second-order valence-corrected chi connectivity index (χ2v) is 7.51. The van der Waals surface area contributed by atoms with E-state index in [1.807, 2.05) is 6.92 Å². The summed E-state index contributed by atoms with van der Waals surface area (Å²) in [5.74, 6) is 0.975. The maximum Gasteiger partial charge on any atom is 0.284 e. The third kappa shape index (κ3) is 7.32. The van der Waals surface area contributed by atoms with Gasteiger partial charge in [-0.2, -0.15) is 0 Å². The first-order chi connectivity index (χ1) is 14.0. The summed E-state index contributed by atoms with van der Waals surface area (Å²) >= 11 is 0. The number of nitrogens with one attached hydrogen (secondary N) is 2. The van der Waals surface area contributed by atoms with E-state index in [1.165, 1.54) is 11.1 Å². The lowest BCUT2D eigenvalue weighted by Crippen LogP contribution is -2.48. The van der Waals surface area contributed by atoms with Crippen LogP contribution < -0.4 is 16.4 Å². The molecule has 2 heterocycles. The lowest BCUT2D eigenvalue weighted by atomic mass is 10.0. The minimum atomic E-state index is -0.567. The fourth-order valence-electron chi connectivity index (χ4n) is 3.57. The highest BCUT2D eigenvalue weighted by Gasteiger charge is 2.20. The number of hydrogen-bond acceptors (Lipinski definition) is 4. The Morgan fingerprint density at radius 1 is 1.27 bits per heavy atom. The number of piperidine rings is 1. The van der Waals surface area contributed by atoms with Crippen molar-refractivity contribution >= 4 is 35.8 Å². The molecular weight excluding hydrogens is 493 g/mol. The molecule has 1 aromatic heterocycles. The van der Waals surface area contributed by atoms with Crippen molar-refractivity contribution in [2.24, 2.45) is 10.7 Å². The smallest absolute Gasteiger partial charge is 0.284 e. The van der Waals surface area contributed by atoms with E-state index in [0.717, 1.165) is 45.0 Å². The number of likely N-dealkylation sites (tertiary alicyclic amines) is 1. The van der Waals surface area contributed by atoms with Crippen LogP contribution in [0.25, 0.3) is 0 Å². The number of carbonyl (C=O) groups excluding carboxylic acids is 1. The van der Waals surface area contributed by atoms with Gasteiger partial charge in [-0.05, 0) is 44.4 Å². The molecule has 1 fully saturated rings. The number of nitrogens with zero attached hydrogens (tertiary/aromatic N) is 2. The molecule has 0 atom stereocenters. The quantitative estimate of drug-likeness (QED) is 0.294. The molecule has 1 amide bonds. The minimum Gasteiger partial charge on any atom is -0.454 e. The van der Waals surface area contributed by atoms with Gasteiger partial charge >= 0.3 is 0 Å². The highest BCUT2D eigenvalue weighted by molar-refractivity contribution is 14.0. The summed E-state index contributed by atoms with van der Waals surface area (Å²) in [5, 5.41) is 6.81. The number of carbonyl (C=O) groups is 1. The van der Waals surface area contributed by atoms with Crippen LogP contribution >= 0.6 is 24.0 Å². The predicted octanol–water partition coefficient (Wildman–Crippen LogP) is 3.02. The Morgan fingerprint density at radius 2 is 2.03 bits per heavy atom. The highest BCUT2D eigenvalue weighted by Crippen LogP contribution is 2.15. The van der Waals surface area contributed by atoms with Crippen molar-refractivity contribution in [1.82, 2.24) is 15.5 Å². The van der Waals surface area contributed by atoms with Crippen LogP contribution in [0.5, 0.6) is 0 Å². The number of aliphatic imine (C=N–C) groups is 1. The van der Waals surface area contributed by atoms with E-state index in [2.05, 4.69) is 51.7 Å². The number of aryl methyl sites for hydroxylation is 1. The van der Waals surface area contributed by atoms with Gasteiger partial charge in [0.15, 0.2) is 11.7 Å². The molecule has 1 aromatic carbocycles. The van der Waals surface area contributed by atoms with Crippen molar-refractivity contribution in [3.8, 4) is 0 Å². The first-order valence-corrected chi connectivity index (χ1v) is 10.2. The third-order valence-electron chi connectivity index (χ3n) is 5.06. The van der Waals surface area contributed by atoms with Crippen molar-refractivity contribution in [1.29, 1.82) is 0 Å². The first-order valence-electron chi connectivity index (χ1n) is 10.2. The molecule has 164 valence electrons. The van der Waals surface area contributed by atoms with Crippen molar-refractivity contribution in [2.75, 3.05) is 19.6 Å². The first kappa shape index (κ1) is 24.2. The predicted molar refractivity (Wildman–Crippen MR) is 130 cm³/mol. The molecule has 0 unspecified atom stereocenters. The number of nitrogens with two attached hydrogens (primary N) is 1. The zero-order valence-electron chi connectivity index (χ0n) is 17.7. The maximum atomic E-state index is 11.1. The van der Waals surface area contributed by atoms with Crippen LogP contribution in [0.15, 0.2) is 45.8 Å². The van der Waals surface area contributed by atoms with Gasteiger partial charge in [-0.3, -0.25) is 9.69 Å². The number of furan rings is 1. The maximum absolute atomic E-state index is 11.1. The van der Waals surface area contributed by atoms with Gasteiger partial charge in [0.05, 0.1) is 0 Å². The Labute approximate surface area is 195 Å². The minimum absolute atomic E-state index is 0.